The Kier molecular flexibility index (Phi) is 8.31. The highest BCUT2D eigenvalue weighted by Crippen LogP contribution is 2.24. The van der Waals surface area contributed by atoms with E-state index in [2.05, 4.69) is 17.1 Å². The fourth-order valence-corrected chi connectivity index (χ4v) is 6.14. The van der Waals surface area contributed by atoms with Crippen LogP contribution >= 0.6 is 0 Å². The van der Waals surface area contributed by atoms with Gasteiger partial charge in [-0.15, -0.1) is 0 Å². The van der Waals surface area contributed by atoms with Crippen molar-refractivity contribution in [2.24, 2.45) is 5.92 Å². The highest BCUT2D eigenvalue weighted by Gasteiger charge is 2.32. The second-order valence-corrected chi connectivity index (χ2v) is 10.7. The molecule has 6 nitrogen and oxygen atoms in total. The standard InChI is InChI=1S/C23H37N3O3S/c1-3-21-7-4-5-15-25(21)16-6-14-24-23(27)20-12-17-26(18-13-20)30(28,29)22-10-8-19(2)9-11-22/h8-11,20-21H,3-7,12-18H2,1-2H3,(H,24,27). The summed E-state index contributed by atoms with van der Waals surface area (Å²) >= 11 is 0. The van der Waals surface area contributed by atoms with Crippen LogP contribution in [-0.2, 0) is 14.8 Å². The Morgan fingerprint density at radius 1 is 1.07 bits per heavy atom. The van der Waals surface area contributed by atoms with E-state index in [9.17, 15) is 13.2 Å². The smallest absolute Gasteiger partial charge is 0.243 e. The van der Waals surface area contributed by atoms with Gasteiger partial charge < -0.3 is 10.2 Å². The van der Waals surface area contributed by atoms with Crippen LogP contribution in [0, 0.1) is 12.8 Å². The van der Waals surface area contributed by atoms with Gasteiger partial charge >= 0.3 is 0 Å². The second-order valence-electron chi connectivity index (χ2n) is 8.73. The van der Waals surface area contributed by atoms with Gasteiger partial charge in [-0.05, 0) is 64.1 Å². The number of nitrogens with zero attached hydrogens (tertiary/aromatic N) is 2. The van der Waals surface area contributed by atoms with Gasteiger partial charge in [0, 0.05) is 38.1 Å². The van der Waals surface area contributed by atoms with Crippen molar-refractivity contribution in [2.45, 2.75) is 69.7 Å². The first kappa shape index (κ1) is 23.2. The molecule has 30 heavy (non-hydrogen) atoms. The Labute approximate surface area is 182 Å². The number of aryl methyl sites for hydroxylation is 1. The summed E-state index contributed by atoms with van der Waals surface area (Å²) in [6.07, 6.45) is 7.27. The number of piperidine rings is 2. The topological polar surface area (TPSA) is 69.7 Å². The Bertz CT molecular complexity index is 786. The van der Waals surface area contributed by atoms with E-state index in [1.807, 2.05) is 19.1 Å². The summed E-state index contributed by atoms with van der Waals surface area (Å²) in [7, 11) is -3.47. The molecule has 2 fully saturated rings. The van der Waals surface area contributed by atoms with Crippen LogP contribution in [0.1, 0.15) is 57.4 Å². The summed E-state index contributed by atoms with van der Waals surface area (Å²) in [5.74, 6) is -0.0130. The van der Waals surface area contributed by atoms with E-state index < -0.39 is 10.0 Å². The van der Waals surface area contributed by atoms with E-state index in [1.165, 1.54) is 36.5 Å². The summed E-state index contributed by atoms with van der Waals surface area (Å²) in [5, 5.41) is 3.08. The minimum atomic E-state index is -3.47. The minimum Gasteiger partial charge on any atom is -0.356 e. The van der Waals surface area contributed by atoms with Gasteiger partial charge in [0.2, 0.25) is 15.9 Å². The maximum Gasteiger partial charge on any atom is 0.243 e. The third-order valence-corrected chi connectivity index (χ3v) is 8.54. The van der Waals surface area contributed by atoms with Crippen LogP contribution < -0.4 is 5.32 Å². The Balaban J connectivity index is 1.40. The Morgan fingerprint density at radius 2 is 1.77 bits per heavy atom. The molecule has 7 heteroatoms. The number of sulfonamides is 1. The normalized spacial score (nSPS) is 22.1. The van der Waals surface area contributed by atoms with E-state index in [1.54, 1.807) is 12.1 Å². The predicted octanol–water partition coefficient (Wildman–Crippen LogP) is 3.17. The van der Waals surface area contributed by atoms with Gasteiger partial charge in [-0.2, -0.15) is 4.31 Å². The minimum absolute atomic E-state index is 0.0769. The zero-order chi connectivity index (χ0) is 21.6. The van der Waals surface area contributed by atoms with Gasteiger partial charge in [-0.3, -0.25) is 4.79 Å². The number of benzene rings is 1. The average Bonchev–Trinajstić information content (AvgIpc) is 2.77. The largest absolute Gasteiger partial charge is 0.356 e. The van der Waals surface area contributed by atoms with Crippen molar-refractivity contribution in [2.75, 3.05) is 32.7 Å². The zero-order valence-corrected chi connectivity index (χ0v) is 19.3. The van der Waals surface area contributed by atoms with Crippen molar-refractivity contribution in [3.63, 3.8) is 0 Å². The molecular weight excluding hydrogens is 398 g/mol. The average molecular weight is 436 g/mol. The molecule has 0 saturated carbocycles. The lowest BCUT2D eigenvalue weighted by Crippen LogP contribution is -2.44. The van der Waals surface area contributed by atoms with Gasteiger partial charge in [-0.1, -0.05) is 31.0 Å². The Morgan fingerprint density at radius 3 is 2.43 bits per heavy atom. The van der Waals surface area contributed by atoms with Crippen molar-refractivity contribution >= 4 is 15.9 Å². The molecule has 3 rings (SSSR count). The van der Waals surface area contributed by atoms with Gasteiger partial charge in [-0.25, -0.2) is 8.42 Å². The first-order valence-electron chi connectivity index (χ1n) is 11.5. The van der Waals surface area contributed by atoms with Gasteiger partial charge in [0.05, 0.1) is 4.90 Å². The van der Waals surface area contributed by atoms with E-state index >= 15 is 0 Å². The highest BCUT2D eigenvalue weighted by atomic mass is 32.2. The molecule has 2 aliphatic heterocycles. The summed E-state index contributed by atoms with van der Waals surface area (Å²) < 4.78 is 27.1. The molecule has 0 aromatic heterocycles. The maximum absolute atomic E-state index is 12.8. The fourth-order valence-electron chi connectivity index (χ4n) is 4.67. The molecule has 0 aliphatic carbocycles. The van der Waals surface area contributed by atoms with Crippen LogP contribution in [0.3, 0.4) is 0 Å². The molecular formula is C23H37N3O3S. The van der Waals surface area contributed by atoms with Crippen LogP contribution in [-0.4, -0.2) is 62.3 Å². The number of nitrogens with one attached hydrogen (secondary N) is 1. The molecule has 2 saturated heterocycles. The van der Waals surface area contributed by atoms with Gasteiger partial charge in [0.1, 0.15) is 0 Å². The number of carbonyl (C=O) groups is 1. The number of hydrogen-bond acceptors (Lipinski definition) is 4. The first-order valence-corrected chi connectivity index (χ1v) is 12.9. The van der Waals surface area contributed by atoms with Crippen LogP contribution in [0.5, 0.6) is 0 Å². The number of likely N-dealkylation sites (tertiary alicyclic amines) is 1. The summed E-state index contributed by atoms with van der Waals surface area (Å²) in [6, 6.07) is 7.66. The second kappa shape index (κ2) is 10.7. The summed E-state index contributed by atoms with van der Waals surface area (Å²) in [6.45, 7) is 7.94. The lowest BCUT2D eigenvalue weighted by Gasteiger charge is -2.35. The van der Waals surface area contributed by atoms with E-state index in [-0.39, 0.29) is 11.8 Å². The van der Waals surface area contributed by atoms with E-state index in [4.69, 9.17) is 0 Å². The molecule has 1 N–H and O–H groups in total. The van der Waals surface area contributed by atoms with Crippen molar-refractivity contribution in [3.8, 4) is 0 Å². The van der Waals surface area contributed by atoms with Crippen LogP contribution in [0.25, 0.3) is 0 Å². The molecule has 2 heterocycles. The molecule has 0 bridgehead atoms. The van der Waals surface area contributed by atoms with Crippen LogP contribution in [0.2, 0.25) is 0 Å². The maximum atomic E-state index is 12.8. The Hall–Kier alpha value is -1.44. The monoisotopic (exact) mass is 435 g/mol. The molecule has 1 aromatic rings. The molecule has 2 aliphatic rings. The molecule has 1 aromatic carbocycles. The fraction of sp³-hybridized carbons (Fsp3) is 0.696. The third kappa shape index (κ3) is 5.83. The van der Waals surface area contributed by atoms with Crippen molar-refractivity contribution in [1.29, 1.82) is 0 Å². The number of hydrogen-bond donors (Lipinski definition) is 1. The molecule has 168 valence electrons. The zero-order valence-electron chi connectivity index (χ0n) is 18.5. The number of amides is 1. The molecule has 1 amide bonds. The quantitative estimate of drug-likeness (QED) is 0.637. The van der Waals surface area contributed by atoms with Crippen LogP contribution in [0.15, 0.2) is 29.2 Å². The number of rotatable bonds is 8. The van der Waals surface area contributed by atoms with Gasteiger partial charge in [0.15, 0.2) is 0 Å². The first-order chi connectivity index (χ1) is 14.4. The molecule has 1 atom stereocenters. The molecule has 1 unspecified atom stereocenters. The van der Waals surface area contributed by atoms with E-state index in [0.29, 0.717) is 43.4 Å². The van der Waals surface area contributed by atoms with Crippen molar-refractivity contribution in [3.05, 3.63) is 29.8 Å². The SMILES string of the molecule is CCC1CCCCN1CCCNC(=O)C1CCN(S(=O)(=O)c2ccc(C)cc2)CC1. The summed E-state index contributed by atoms with van der Waals surface area (Å²) in [5.41, 5.74) is 1.04. The van der Waals surface area contributed by atoms with Crippen molar-refractivity contribution < 1.29 is 13.2 Å². The van der Waals surface area contributed by atoms with Gasteiger partial charge in [0.25, 0.3) is 0 Å². The lowest BCUT2D eigenvalue weighted by molar-refractivity contribution is -0.126. The number of carbonyl (C=O) groups excluding carboxylic acids is 1. The predicted molar refractivity (Wildman–Crippen MR) is 120 cm³/mol. The molecule has 0 spiro atoms. The highest BCUT2D eigenvalue weighted by molar-refractivity contribution is 7.89. The molecule has 0 radical (unpaired) electrons. The van der Waals surface area contributed by atoms with Crippen molar-refractivity contribution in [1.82, 2.24) is 14.5 Å². The third-order valence-electron chi connectivity index (χ3n) is 6.63. The summed E-state index contributed by atoms with van der Waals surface area (Å²) in [4.78, 5) is 15.4. The van der Waals surface area contributed by atoms with Crippen LogP contribution in [0.4, 0.5) is 0 Å². The van der Waals surface area contributed by atoms with E-state index in [0.717, 1.165) is 18.5 Å². The lowest BCUT2D eigenvalue weighted by atomic mass is 9.97.